The van der Waals surface area contributed by atoms with Gasteiger partial charge in [-0.3, -0.25) is 9.59 Å². The lowest BCUT2D eigenvalue weighted by Crippen LogP contribution is -2.43. The first-order valence-corrected chi connectivity index (χ1v) is 14.8. The lowest BCUT2D eigenvalue weighted by Gasteiger charge is -2.29. The fourth-order valence-corrected chi connectivity index (χ4v) is 5.55. The maximum absolute atomic E-state index is 13.8. The summed E-state index contributed by atoms with van der Waals surface area (Å²) < 4.78 is 5.74. The lowest BCUT2D eigenvalue weighted by molar-refractivity contribution is -0.123. The third kappa shape index (κ3) is 6.85. The van der Waals surface area contributed by atoms with Crippen molar-refractivity contribution in [1.82, 2.24) is 15.6 Å². The normalized spacial score (nSPS) is 15.2. The molecule has 0 aliphatic carbocycles. The third-order valence-corrected chi connectivity index (χ3v) is 7.71. The molecular weight excluding hydrogens is 512 g/mol. The van der Waals surface area contributed by atoms with Gasteiger partial charge in [0.05, 0.1) is 12.0 Å². The van der Waals surface area contributed by atoms with Gasteiger partial charge >= 0.3 is 0 Å². The molecule has 2 N–H and O–H groups in total. The molecule has 0 bridgehead atoms. The molecule has 1 fully saturated rings. The fourth-order valence-electron chi connectivity index (χ4n) is 5.55. The molecule has 2 atom stereocenters. The molecule has 1 unspecified atom stereocenters. The van der Waals surface area contributed by atoms with Gasteiger partial charge in [0.2, 0.25) is 11.7 Å². The maximum atomic E-state index is 13.8. The van der Waals surface area contributed by atoms with E-state index >= 15 is 0 Å². The Labute approximate surface area is 242 Å². The van der Waals surface area contributed by atoms with Gasteiger partial charge in [-0.05, 0) is 59.7 Å². The molecule has 7 nitrogen and oxygen atoms in total. The van der Waals surface area contributed by atoms with E-state index in [1.807, 2.05) is 37.3 Å². The number of para-hydroxylation sites is 2. The number of Topliss-reactive ketones (excluding diaryl/α,β-unsaturated/α-hetero) is 1. The Balaban J connectivity index is 1.36. The fraction of sp³-hybridized carbons (Fsp3) is 0.382. The average molecular weight is 553 g/mol. The van der Waals surface area contributed by atoms with E-state index < -0.39 is 6.04 Å². The molecule has 0 saturated carbocycles. The maximum Gasteiger partial charge on any atom is 0.266 e. The first-order valence-electron chi connectivity index (χ1n) is 14.8. The van der Waals surface area contributed by atoms with E-state index in [0.29, 0.717) is 29.9 Å². The standard InChI is InChI=1S/C34H40N4O3/c1-4-8-30(32(39)34-37-29-11-5-6-12-31(29)41-34)36-33(40)28(21-23(2)3)26-10-7-9-25(22-26)24-13-15-27(16-14-24)38-19-17-35-18-20-38/h5-7,9-16,22-23,28,30,35H,4,8,17-21H2,1-3H3,(H,36,40)/t28?,30-/m0/s1. The number of carbonyl (C=O) groups is 2. The van der Waals surface area contributed by atoms with Crippen molar-refractivity contribution in [1.29, 1.82) is 0 Å². The van der Waals surface area contributed by atoms with Gasteiger partial charge in [-0.2, -0.15) is 0 Å². The van der Waals surface area contributed by atoms with Crippen LogP contribution in [0.25, 0.3) is 22.2 Å². The minimum Gasteiger partial charge on any atom is -0.434 e. The molecule has 0 radical (unpaired) electrons. The predicted molar refractivity (Wildman–Crippen MR) is 164 cm³/mol. The van der Waals surface area contributed by atoms with Gasteiger partial charge in [-0.1, -0.05) is 75.7 Å². The highest BCUT2D eigenvalue weighted by Crippen LogP contribution is 2.30. The molecule has 0 spiro atoms. The summed E-state index contributed by atoms with van der Waals surface area (Å²) in [5.74, 6) is -0.488. The number of fused-ring (bicyclic) bond motifs is 1. The van der Waals surface area contributed by atoms with Crippen LogP contribution in [0.5, 0.6) is 0 Å². The number of ketones is 1. The van der Waals surface area contributed by atoms with Crippen LogP contribution in [0.4, 0.5) is 5.69 Å². The Morgan fingerprint density at radius 2 is 1.73 bits per heavy atom. The Morgan fingerprint density at radius 3 is 2.44 bits per heavy atom. The van der Waals surface area contributed by atoms with Crippen molar-refractivity contribution in [3.8, 4) is 11.1 Å². The largest absolute Gasteiger partial charge is 0.434 e. The molecule has 2 heterocycles. The van der Waals surface area contributed by atoms with Gasteiger partial charge in [0.15, 0.2) is 5.58 Å². The van der Waals surface area contributed by atoms with Crippen LogP contribution >= 0.6 is 0 Å². The smallest absolute Gasteiger partial charge is 0.266 e. The average Bonchev–Trinajstić information content (AvgIpc) is 3.44. The number of oxazole rings is 1. The Morgan fingerprint density at radius 1 is 0.976 bits per heavy atom. The number of hydrogen-bond donors (Lipinski definition) is 2. The van der Waals surface area contributed by atoms with Gasteiger partial charge in [0, 0.05) is 31.9 Å². The highest BCUT2D eigenvalue weighted by Gasteiger charge is 2.30. The van der Waals surface area contributed by atoms with E-state index in [-0.39, 0.29) is 23.5 Å². The van der Waals surface area contributed by atoms with E-state index in [0.717, 1.165) is 49.3 Å². The van der Waals surface area contributed by atoms with E-state index in [4.69, 9.17) is 4.42 Å². The van der Waals surface area contributed by atoms with Gasteiger partial charge in [0.25, 0.3) is 5.89 Å². The monoisotopic (exact) mass is 552 g/mol. The summed E-state index contributed by atoms with van der Waals surface area (Å²) in [6, 6.07) is 23.5. The zero-order valence-corrected chi connectivity index (χ0v) is 24.2. The lowest BCUT2D eigenvalue weighted by atomic mass is 9.87. The minimum atomic E-state index is -0.698. The predicted octanol–water partition coefficient (Wildman–Crippen LogP) is 6.20. The van der Waals surface area contributed by atoms with E-state index in [1.165, 1.54) is 5.69 Å². The first kappa shape index (κ1) is 28.6. The number of hydrogen-bond acceptors (Lipinski definition) is 6. The molecule has 7 heteroatoms. The molecule has 3 aromatic carbocycles. The molecule has 4 aromatic rings. The SMILES string of the molecule is CCC[C@H](NC(=O)C(CC(C)C)c1cccc(-c2ccc(N3CCNCC3)cc2)c1)C(=O)c1nc2ccccc2o1. The molecule has 1 amide bonds. The Bertz CT molecular complexity index is 1440. The second-order valence-corrected chi connectivity index (χ2v) is 11.3. The summed E-state index contributed by atoms with van der Waals surface area (Å²) in [6.07, 6.45) is 1.93. The molecule has 1 aliphatic heterocycles. The van der Waals surface area contributed by atoms with Gasteiger partial charge in [-0.25, -0.2) is 4.98 Å². The van der Waals surface area contributed by atoms with Crippen molar-refractivity contribution >= 4 is 28.5 Å². The number of aromatic nitrogens is 1. The van der Waals surface area contributed by atoms with Crippen molar-refractivity contribution in [3.05, 3.63) is 84.3 Å². The Kier molecular flexibility index (Phi) is 9.14. The van der Waals surface area contributed by atoms with Crippen LogP contribution in [0.3, 0.4) is 0 Å². The van der Waals surface area contributed by atoms with Crippen LogP contribution in [0.15, 0.2) is 77.2 Å². The topological polar surface area (TPSA) is 87.5 Å². The van der Waals surface area contributed by atoms with Crippen LogP contribution < -0.4 is 15.5 Å². The number of benzene rings is 3. The number of nitrogens with one attached hydrogen (secondary N) is 2. The molecule has 1 aliphatic rings. The second-order valence-electron chi connectivity index (χ2n) is 11.3. The molecule has 5 rings (SSSR count). The third-order valence-electron chi connectivity index (χ3n) is 7.71. The first-order chi connectivity index (χ1) is 19.9. The highest BCUT2D eigenvalue weighted by atomic mass is 16.4. The zero-order chi connectivity index (χ0) is 28.8. The Hall–Kier alpha value is -3.97. The van der Waals surface area contributed by atoms with Crippen LogP contribution in [0, 0.1) is 5.92 Å². The number of carbonyl (C=O) groups excluding carboxylic acids is 2. The van der Waals surface area contributed by atoms with Gasteiger partial charge in [-0.15, -0.1) is 0 Å². The van der Waals surface area contributed by atoms with Crippen molar-refractivity contribution in [3.63, 3.8) is 0 Å². The summed E-state index contributed by atoms with van der Waals surface area (Å²) in [6.45, 7) is 10.3. The summed E-state index contributed by atoms with van der Waals surface area (Å²) in [7, 11) is 0. The van der Waals surface area contributed by atoms with Crippen molar-refractivity contribution in [2.45, 2.75) is 52.0 Å². The second kappa shape index (κ2) is 13.1. The summed E-state index contributed by atoms with van der Waals surface area (Å²) >= 11 is 0. The zero-order valence-electron chi connectivity index (χ0n) is 24.2. The molecule has 41 heavy (non-hydrogen) atoms. The summed E-state index contributed by atoms with van der Waals surface area (Å²) in [4.78, 5) is 34.0. The molecule has 214 valence electrons. The number of rotatable bonds is 11. The van der Waals surface area contributed by atoms with E-state index in [2.05, 4.69) is 70.8 Å². The van der Waals surface area contributed by atoms with E-state index in [9.17, 15) is 9.59 Å². The van der Waals surface area contributed by atoms with E-state index in [1.54, 1.807) is 6.07 Å². The van der Waals surface area contributed by atoms with Crippen LogP contribution in [0.2, 0.25) is 0 Å². The van der Waals surface area contributed by atoms with Crippen LogP contribution in [-0.4, -0.2) is 48.9 Å². The highest BCUT2D eigenvalue weighted by molar-refractivity contribution is 6.00. The summed E-state index contributed by atoms with van der Waals surface area (Å²) in [5.41, 5.74) is 5.56. The van der Waals surface area contributed by atoms with Crippen LogP contribution in [-0.2, 0) is 4.79 Å². The molecular formula is C34H40N4O3. The van der Waals surface area contributed by atoms with Gasteiger partial charge < -0.3 is 20.0 Å². The van der Waals surface area contributed by atoms with Crippen molar-refractivity contribution in [2.75, 3.05) is 31.1 Å². The number of amides is 1. The number of piperazine rings is 1. The molecule has 1 aromatic heterocycles. The minimum absolute atomic E-state index is 0.0385. The van der Waals surface area contributed by atoms with Gasteiger partial charge in [0.1, 0.15) is 5.52 Å². The van der Waals surface area contributed by atoms with Crippen molar-refractivity contribution in [2.24, 2.45) is 5.92 Å². The summed E-state index contributed by atoms with van der Waals surface area (Å²) in [5, 5.41) is 6.47. The van der Waals surface area contributed by atoms with Crippen molar-refractivity contribution < 1.29 is 14.0 Å². The number of anilines is 1. The quantitative estimate of drug-likeness (QED) is 0.215. The van der Waals surface area contributed by atoms with Crippen LogP contribution in [0.1, 0.15) is 62.2 Å². The number of nitrogens with zero attached hydrogens (tertiary/aromatic N) is 2. The molecule has 1 saturated heterocycles.